The fourth-order valence-electron chi connectivity index (χ4n) is 0.862. The van der Waals surface area contributed by atoms with Gasteiger partial charge in [-0.1, -0.05) is 0 Å². The topological polar surface area (TPSA) is 0 Å². The van der Waals surface area contributed by atoms with Crippen LogP contribution in [0.15, 0.2) is 0 Å². The Morgan fingerprint density at radius 1 is 0.368 bits per heavy atom. The Hall–Kier alpha value is -0.550. The fraction of sp³-hybridized carbons (Fsp3) is 1.00. The zero-order chi connectivity index (χ0) is 16.4. The van der Waals surface area contributed by atoms with Crippen molar-refractivity contribution < 1.29 is 61.1 Å². The second kappa shape index (κ2) is 3.19. The van der Waals surface area contributed by atoms with E-state index in [-0.39, 0.29) is 0 Å². The van der Waals surface area contributed by atoms with Gasteiger partial charge in [0.15, 0.2) is 0 Å². The molecule has 0 saturated heterocycles. The summed E-state index contributed by atoms with van der Waals surface area (Å²) in [5, 5.41) is 0. The van der Waals surface area contributed by atoms with Crippen molar-refractivity contribution in [1.29, 1.82) is 0 Å². The van der Waals surface area contributed by atoms with Gasteiger partial charge in [-0.25, -0.2) is 0 Å². The molecule has 15 heteroatoms. The first-order chi connectivity index (χ1) is 7.63. The molecule has 0 unspecified atom stereocenters. The Bertz CT molecular complexity index is 306. The zero-order valence-electron chi connectivity index (χ0n) is 7.74. The van der Waals surface area contributed by atoms with Crippen LogP contribution in [0.1, 0.15) is 0 Å². The van der Waals surface area contributed by atoms with E-state index in [2.05, 4.69) is 0 Å². The van der Waals surface area contributed by atoms with Crippen molar-refractivity contribution in [2.24, 2.45) is 0 Å². The summed E-state index contributed by atoms with van der Waals surface area (Å²) in [6, 6.07) is 0. The fourth-order valence-corrected chi connectivity index (χ4v) is 2.59. The van der Waals surface area contributed by atoms with Crippen LogP contribution in [-0.4, -0.2) is 23.7 Å². The Morgan fingerprint density at radius 2 is 0.474 bits per heavy atom. The summed E-state index contributed by atoms with van der Waals surface area (Å²) < 4.78 is 167. The first-order valence-electron chi connectivity index (χ1n) is 3.50. The third-order valence-corrected chi connectivity index (χ3v) is 6.86. The van der Waals surface area contributed by atoms with E-state index < -0.39 is 30.2 Å². The van der Waals surface area contributed by atoms with Crippen LogP contribution in [0.5, 0.6) is 0 Å². The summed E-state index contributed by atoms with van der Waals surface area (Å²) in [6.45, 7) is -13.9. The van der Waals surface area contributed by atoms with Crippen molar-refractivity contribution >= 4 is 6.57 Å². The van der Waals surface area contributed by atoms with E-state index in [4.69, 9.17) is 0 Å². The van der Waals surface area contributed by atoms with Crippen molar-refractivity contribution in [3.8, 4) is 0 Å². The normalized spacial score (nSPS) is 19.9. The molecule has 0 amide bonds. The van der Waals surface area contributed by atoms with E-state index in [1.165, 1.54) is 0 Å². The van der Waals surface area contributed by atoms with E-state index in [0.717, 1.165) is 0 Å². The van der Waals surface area contributed by atoms with E-state index in [0.29, 0.717) is 0 Å². The molecule has 0 aliphatic heterocycles. The molecule has 0 aromatic heterocycles. The Morgan fingerprint density at radius 3 is 0.474 bits per heavy atom. The molecule has 0 aliphatic rings. The summed E-state index contributed by atoms with van der Waals surface area (Å²) in [5.41, 5.74) is 0. The van der Waals surface area contributed by atoms with Gasteiger partial charge in [0.25, 0.3) is 0 Å². The number of alkyl halides is 12. The van der Waals surface area contributed by atoms with E-state index in [1.54, 1.807) is 0 Å². The van der Waals surface area contributed by atoms with Crippen LogP contribution in [0, 0.1) is 0 Å². The molecule has 0 bridgehead atoms. The molecular weight excluding hydrogens is 345 g/mol. The third kappa shape index (κ3) is 1.18. The minimum atomic E-state index is -13.9. The Labute approximate surface area is 92.7 Å². The van der Waals surface area contributed by atoms with Gasteiger partial charge in [-0.2, -0.15) is 0 Å². The maximum atomic E-state index is 12.9. The molecular formula is C4F14P-. The molecule has 0 aliphatic carbocycles. The molecule has 0 nitrogen and oxygen atoms in total. The molecule has 0 aromatic rings. The van der Waals surface area contributed by atoms with Crippen molar-refractivity contribution in [2.45, 2.75) is 23.7 Å². The second-order valence-electron chi connectivity index (χ2n) is 3.28. The predicted octanol–water partition coefficient (Wildman–Crippen LogP) is 5.92. The SMILES string of the molecule is FC(F)(F)[P-](F)(F)(C(F)(F)F)(C(F)(F)F)C(F)(F)F. The Balaban J connectivity index is 7.44. The summed E-state index contributed by atoms with van der Waals surface area (Å²) in [6.07, 6.45) is 0. The van der Waals surface area contributed by atoms with Crippen molar-refractivity contribution in [3.63, 3.8) is 0 Å². The monoisotopic (exact) mass is 345 g/mol. The summed E-state index contributed by atoms with van der Waals surface area (Å²) in [5.74, 6) is -35.7. The van der Waals surface area contributed by atoms with Crippen LogP contribution in [0.2, 0.25) is 0 Å². The average Bonchev–Trinajstić information content (AvgIpc) is 1.94. The van der Waals surface area contributed by atoms with Crippen molar-refractivity contribution in [1.82, 2.24) is 0 Å². The number of hydrogen-bond donors (Lipinski definition) is 0. The van der Waals surface area contributed by atoms with Gasteiger partial charge in [0.05, 0.1) is 0 Å². The molecule has 0 spiro atoms. The van der Waals surface area contributed by atoms with E-state index >= 15 is 0 Å². The van der Waals surface area contributed by atoms with Crippen LogP contribution in [-0.2, 0) is 0 Å². The molecule has 19 heavy (non-hydrogen) atoms. The third-order valence-electron chi connectivity index (χ3n) is 2.29. The van der Waals surface area contributed by atoms with Gasteiger partial charge in [-0.3, -0.25) is 0 Å². The number of halogens is 14. The van der Waals surface area contributed by atoms with Crippen molar-refractivity contribution in [2.75, 3.05) is 0 Å². The van der Waals surface area contributed by atoms with Gasteiger partial charge >= 0.3 is 91.3 Å². The molecule has 120 valence electrons. The standard InChI is InChI=1S/C4F14P/c5-1(6,7)19(17,18,2(8,9)10,3(11,12)13)4(14,15)16/q-1. The van der Waals surface area contributed by atoms with Crippen LogP contribution in [0.4, 0.5) is 61.1 Å². The molecule has 0 fully saturated rings. The summed E-state index contributed by atoms with van der Waals surface area (Å²) in [4.78, 5) is 0. The van der Waals surface area contributed by atoms with Crippen LogP contribution in [0.3, 0.4) is 0 Å². The molecule has 0 rings (SSSR count). The van der Waals surface area contributed by atoms with Gasteiger partial charge in [-0.15, -0.1) is 0 Å². The van der Waals surface area contributed by atoms with Crippen LogP contribution < -0.4 is 0 Å². The van der Waals surface area contributed by atoms with Crippen LogP contribution in [0.25, 0.3) is 0 Å². The molecule has 0 aromatic carbocycles. The second-order valence-corrected chi connectivity index (χ2v) is 8.13. The zero-order valence-corrected chi connectivity index (χ0v) is 8.63. The molecule has 0 heterocycles. The van der Waals surface area contributed by atoms with Gasteiger partial charge in [0.2, 0.25) is 0 Å². The minimum absolute atomic E-state index is 8.93. The summed E-state index contributed by atoms with van der Waals surface area (Å²) in [7, 11) is 0. The average molecular weight is 345 g/mol. The molecule has 0 saturated carbocycles. The molecule has 0 atom stereocenters. The van der Waals surface area contributed by atoms with Crippen molar-refractivity contribution in [3.05, 3.63) is 0 Å². The maximum absolute atomic E-state index is 13.9. The van der Waals surface area contributed by atoms with E-state index in [1.807, 2.05) is 0 Å². The van der Waals surface area contributed by atoms with E-state index in [9.17, 15) is 61.1 Å². The first-order valence-corrected chi connectivity index (χ1v) is 5.97. The summed E-state index contributed by atoms with van der Waals surface area (Å²) >= 11 is 0. The molecule has 0 radical (unpaired) electrons. The number of hydrogen-bond acceptors (Lipinski definition) is 0. The Kier molecular flexibility index (Phi) is 3.10. The number of rotatable bonds is 0. The predicted molar refractivity (Wildman–Crippen MR) is 33.4 cm³/mol. The van der Waals surface area contributed by atoms with Gasteiger partial charge in [-0.05, 0) is 0 Å². The van der Waals surface area contributed by atoms with Gasteiger partial charge < -0.3 is 0 Å². The van der Waals surface area contributed by atoms with Crippen LogP contribution >= 0.6 is 6.57 Å². The first kappa shape index (κ1) is 18.4. The van der Waals surface area contributed by atoms with Gasteiger partial charge in [0.1, 0.15) is 0 Å². The van der Waals surface area contributed by atoms with Gasteiger partial charge in [0, 0.05) is 0 Å². The quantitative estimate of drug-likeness (QED) is 0.377. The molecule has 0 N–H and O–H groups in total.